The van der Waals surface area contributed by atoms with E-state index in [0.29, 0.717) is 11.3 Å². The topological polar surface area (TPSA) is 32.3 Å². The van der Waals surface area contributed by atoms with E-state index in [9.17, 15) is 5.11 Å². The van der Waals surface area contributed by atoms with Gasteiger partial charge in [-0.15, -0.1) is 0 Å². The van der Waals surface area contributed by atoms with Gasteiger partial charge in [-0.3, -0.25) is 0 Å². The lowest BCUT2D eigenvalue weighted by molar-refractivity contribution is 0.190. The first kappa shape index (κ1) is 12.3. The summed E-state index contributed by atoms with van der Waals surface area (Å²) >= 11 is 1.96. The van der Waals surface area contributed by atoms with Crippen LogP contribution >= 0.6 is 11.8 Å². The van der Waals surface area contributed by atoms with E-state index in [4.69, 9.17) is 0 Å². The molecule has 1 saturated carbocycles. The van der Waals surface area contributed by atoms with Gasteiger partial charge in [0.25, 0.3) is 0 Å². The molecule has 2 unspecified atom stereocenters. The van der Waals surface area contributed by atoms with Crippen molar-refractivity contribution in [3.8, 4) is 0 Å². The van der Waals surface area contributed by atoms with Gasteiger partial charge in [-0.05, 0) is 26.2 Å². The summed E-state index contributed by atoms with van der Waals surface area (Å²) in [4.78, 5) is 0. The van der Waals surface area contributed by atoms with E-state index in [1.165, 1.54) is 19.3 Å². The van der Waals surface area contributed by atoms with E-state index in [1.54, 1.807) is 0 Å². The molecule has 1 aliphatic rings. The number of nitrogens with one attached hydrogen (secondary N) is 1. The van der Waals surface area contributed by atoms with Crippen LogP contribution < -0.4 is 5.32 Å². The van der Waals surface area contributed by atoms with Crippen molar-refractivity contribution in [2.24, 2.45) is 0 Å². The summed E-state index contributed by atoms with van der Waals surface area (Å²) < 4.78 is 0. The summed E-state index contributed by atoms with van der Waals surface area (Å²) in [5, 5.41) is 13.6. The Morgan fingerprint density at radius 1 is 1.57 bits per heavy atom. The third kappa shape index (κ3) is 4.20. The fraction of sp³-hybridized carbons (Fsp3) is 1.00. The Kier molecular flexibility index (Phi) is 4.74. The van der Waals surface area contributed by atoms with Gasteiger partial charge in [0.2, 0.25) is 0 Å². The quantitative estimate of drug-likeness (QED) is 0.684. The minimum Gasteiger partial charge on any atom is -0.394 e. The molecule has 0 aromatic carbocycles. The largest absolute Gasteiger partial charge is 0.394 e. The zero-order chi connectivity index (χ0) is 10.6. The SMILES string of the molecule is CCC(C)SCC(C)(CO)NC1CC1. The van der Waals surface area contributed by atoms with E-state index in [0.717, 1.165) is 5.75 Å². The van der Waals surface area contributed by atoms with Crippen molar-refractivity contribution in [3.05, 3.63) is 0 Å². The molecule has 0 aliphatic heterocycles. The molecular formula is C11H23NOS. The summed E-state index contributed by atoms with van der Waals surface area (Å²) in [6.45, 7) is 6.83. The van der Waals surface area contributed by atoms with Crippen molar-refractivity contribution < 1.29 is 5.11 Å². The van der Waals surface area contributed by atoms with E-state index < -0.39 is 0 Å². The second-order valence-corrected chi connectivity index (χ2v) is 6.09. The molecule has 2 nitrogen and oxygen atoms in total. The van der Waals surface area contributed by atoms with Crippen LogP contribution in [0.1, 0.15) is 40.0 Å². The number of hydrogen-bond donors (Lipinski definition) is 2. The van der Waals surface area contributed by atoms with Crippen molar-refractivity contribution in [3.63, 3.8) is 0 Å². The smallest absolute Gasteiger partial charge is 0.0618 e. The Balaban J connectivity index is 2.27. The van der Waals surface area contributed by atoms with Gasteiger partial charge in [0.05, 0.1) is 6.61 Å². The molecule has 2 atom stereocenters. The van der Waals surface area contributed by atoms with E-state index >= 15 is 0 Å². The zero-order valence-corrected chi connectivity index (χ0v) is 10.4. The lowest BCUT2D eigenvalue weighted by atomic mass is 10.1. The third-order valence-electron chi connectivity index (χ3n) is 2.74. The van der Waals surface area contributed by atoms with Crippen molar-refractivity contribution in [1.82, 2.24) is 5.32 Å². The van der Waals surface area contributed by atoms with Crippen LogP contribution in [0.25, 0.3) is 0 Å². The molecule has 0 amide bonds. The Morgan fingerprint density at radius 2 is 2.21 bits per heavy atom. The molecular weight excluding hydrogens is 194 g/mol. The van der Waals surface area contributed by atoms with Crippen LogP contribution in [0.5, 0.6) is 0 Å². The van der Waals surface area contributed by atoms with Crippen LogP contribution in [-0.4, -0.2) is 34.3 Å². The molecule has 0 radical (unpaired) electrons. The first-order valence-electron chi connectivity index (χ1n) is 5.60. The highest BCUT2D eigenvalue weighted by molar-refractivity contribution is 7.99. The summed E-state index contributed by atoms with van der Waals surface area (Å²) in [5.41, 5.74) is -0.0741. The molecule has 0 saturated heterocycles. The number of aliphatic hydroxyl groups is 1. The van der Waals surface area contributed by atoms with E-state index in [1.807, 2.05) is 11.8 Å². The number of rotatable bonds is 7. The van der Waals surface area contributed by atoms with Crippen LogP contribution in [0.15, 0.2) is 0 Å². The number of thioether (sulfide) groups is 1. The van der Waals surface area contributed by atoms with Gasteiger partial charge in [-0.25, -0.2) is 0 Å². The highest BCUT2D eigenvalue weighted by Gasteiger charge is 2.32. The average molecular weight is 217 g/mol. The minimum atomic E-state index is -0.0741. The Hall–Kier alpha value is 0.270. The first-order valence-corrected chi connectivity index (χ1v) is 6.64. The second-order valence-electron chi connectivity index (χ2n) is 4.67. The lowest BCUT2D eigenvalue weighted by Crippen LogP contribution is -2.49. The molecule has 1 rings (SSSR count). The number of aliphatic hydroxyl groups excluding tert-OH is 1. The van der Waals surface area contributed by atoms with E-state index in [-0.39, 0.29) is 12.1 Å². The maximum absolute atomic E-state index is 9.37. The highest BCUT2D eigenvalue weighted by Crippen LogP contribution is 2.26. The molecule has 14 heavy (non-hydrogen) atoms. The highest BCUT2D eigenvalue weighted by atomic mass is 32.2. The summed E-state index contributed by atoms with van der Waals surface area (Å²) in [7, 11) is 0. The van der Waals surface area contributed by atoms with Gasteiger partial charge in [-0.1, -0.05) is 13.8 Å². The fourth-order valence-corrected chi connectivity index (χ4v) is 2.36. The Labute approximate surface area is 91.9 Å². The lowest BCUT2D eigenvalue weighted by Gasteiger charge is -2.29. The molecule has 0 aromatic rings. The number of hydrogen-bond acceptors (Lipinski definition) is 3. The van der Waals surface area contributed by atoms with Crippen molar-refractivity contribution in [1.29, 1.82) is 0 Å². The fourth-order valence-electron chi connectivity index (χ4n) is 1.30. The van der Waals surface area contributed by atoms with E-state index in [2.05, 4.69) is 26.1 Å². The molecule has 1 fully saturated rings. The van der Waals surface area contributed by atoms with Crippen LogP contribution in [0, 0.1) is 0 Å². The monoisotopic (exact) mass is 217 g/mol. The van der Waals surface area contributed by atoms with Crippen molar-refractivity contribution in [2.45, 2.75) is 56.9 Å². The van der Waals surface area contributed by atoms with Gasteiger partial charge in [0.1, 0.15) is 0 Å². The summed E-state index contributed by atoms with van der Waals surface area (Å²) in [6.07, 6.45) is 3.77. The molecule has 0 aromatic heterocycles. The molecule has 0 bridgehead atoms. The van der Waals surface area contributed by atoms with Crippen molar-refractivity contribution in [2.75, 3.05) is 12.4 Å². The maximum atomic E-state index is 9.37. The molecule has 0 heterocycles. The van der Waals surface area contributed by atoms with Gasteiger partial charge in [0.15, 0.2) is 0 Å². The van der Waals surface area contributed by atoms with Gasteiger partial charge in [0, 0.05) is 22.6 Å². The molecule has 84 valence electrons. The maximum Gasteiger partial charge on any atom is 0.0618 e. The zero-order valence-electron chi connectivity index (χ0n) is 9.55. The van der Waals surface area contributed by atoms with Crippen molar-refractivity contribution >= 4 is 11.8 Å². The summed E-state index contributed by atoms with van der Waals surface area (Å²) in [5.74, 6) is 1.01. The molecule has 3 heteroatoms. The molecule has 1 aliphatic carbocycles. The van der Waals surface area contributed by atoms with Crippen LogP contribution in [0.4, 0.5) is 0 Å². The third-order valence-corrected chi connectivity index (χ3v) is 4.45. The van der Waals surface area contributed by atoms with Gasteiger partial charge >= 0.3 is 0 Å². The van der Waals surface area contributed by atoms with Gasteiger partial charge < -0.3 is 10.4 Å². The predicted octanol–water partition coefficient (Wildman–Crippen LogP) is 2.02. The van der Waals surface area contributed by atoms with Crippen LogP contribution in [0.2, 0.25) is 0 Å². The Morgan fingerprint density at radius 3 is 2.64 bits per heavy atom. The summed E-state index contributed by atoms with van der Waals surface area (Å²) in [6, 6.07) is 0.671. The average Bonchev–Trinajstić information content (AvgIpc) is 2.98. The normalized spacial score (nSPS) is 23.1. The predicted molar refractivity (Wildman–Crippen MR) is 63.9 cm³/mol. The Bertz CT molecular complexity index is 173. The standard InChI is InChI=1S/C11H23NOS/c1-4-9(2)14-8-11(3,7-13)12-10-5-6-10/h9-10,12-13H,4-8H2,1-3H3. The van der Waals surface area contributed by atoms with Gasteiger partial charge in [-0.2, -0.15) is 11.8 Å². The minimum absolute atomic E-state index is 0.0741. The second kappa shape index (κ2) is 5.38. The first-order chi connectivity index (χ1) is 6.59. The molecule has 0 spiro atoms. The molecule has 2 N–H and O–H groups in total. The van der Waals surface area contributed by atoms with Crippen LogP contribution in [0.3, 0.4) is 0 Å². The van der Waals surface area contributed by atoms with Crippen LogP contribution in [-0.2, 0) is 0 Å².